The number of carbonyl (C=O) groups is 2. The molecule has 0 aliphatic rings. The fraction of sp³-hybridized carbons (Fsp3) is 0.300. The van der Waals surface area contributed by atoms with Gasteiger partial charge in [0.15, 0.2) is 5.78 Å². The second-order valence-electron chi connectivity index (χ2n) is 6.17. The highest BCUT2D eigenvalue weighted by Gasteiger charge is 2.30. The second-order valence-corrected chi connectivity index (χ2v) is 6.17. The SMILES string of the molecule is CC(C)N(C(=O)OCc1ccccc1)C(C)C(=O)c1ccccc1N. The predicted molar refractivity (Wildman–Crippen MR) is 98.2 cm³/mol. The molecule has 0 saturated carbocycles. The van der Waals surface area contributed by atoms with Gasteiger partial charge in [0.05, 0.1) is 6.04 Å². The van der Waals surface area contributed by atoms with Crippen molar-refractivity contribution in [2.75, 3.05) is 5.73 Å². The zero-order chi connectivity index (χ0) is 18.4. The highest BCUT2D eigenvalue weighted by atomic mass is 16.6. The summed E-state index contributed by atoms with van der Waals surface area (Å²) in [6.45, 7) is 5.56. The van der Waals surface area contributed by atoms with Crippen molar-refractivity contribution in [2.24, 2.45) is 0 Å². The molecule has 0 aromatic heterocycles. The first-order chi connectivity index (χ1) is 11.9. The van der Waals surface area contributed by atoms with E-state index in [1.165, 1.54) is 4.90 Å². The fourth-order valence-electron chi connectivity index (χ4n) is 2.68. The normalized spacial score (nSPS) is 11.8. The van der Waals surface area contributed by atoms with Crippen LogP contribution in [0.15, 0.2) is 54.6 Å². The van der Waals surface area contributed by atoms with E-state index in [1.54, 1.807) is 31.2 Å². The zero-order valence-electron chi connectivity index (χ0n) is 14.8. The van der Waals surface area contributed by atoms with E-state index in [0.717, 1.165) is 5.56 Å². The number of para-hydroxylation sites is 1. The predicted octanol–water partition coefficient (Wildman–Crippen LogP) is 3.89. The van der Waals surface area contributed by atoms with Crippen LogP contribution in [0.2, 0.25) is 0 Å². The lowest BCUT2D eigenvalue weighted by Crippen LogP contribution is -2.47. The van der Waals surface area contributed by atoms with E-state index in [0.29, 0.717) is 11.3 Å². The minimum absolute atomic E-state index is 0.164. The molecule has 0 aliphatic carbocycles. The number of carbonyl (C=O) groups excluding carboxylic acids is 2. The quantitative estimate of drug-likeness (QED) is 0.639. The molecule has 25 heavy (non-hydrogen) atoms. The topological polar surface area (TPSA) is 72.6 Å². The van der Waals surface area contributed by atoms with Crippen molar-refractivity contribution in [3.8, 4) is 0 Å². The molecule has 1 unspecified atom stereocenters. The Morgan fingerprint density at radius 3 is 2.20 bits per heavy atom. The van der Waals surface area contributed by atoms with E-state index in [1.807, 2.05) is 44.2 Å². The maximum absolute atomic E-state index is 12.8. The number of Topliss-reactive ketones (excluding diaryl/α,β-unsaturated/α-hetero) is 1. The summed E-state index contributed by atoms with van der Waals surface area (Å²) in [5.74, 6) is -0.205. The number of rotatable bonds is 6. The summed E-state index contributed by atoms with van der Waals surface area (Å²) in [4.78, 5) is 26.7. The molecular weight excluding hydrogens is 316 g/mol. The molecule has 2 aromatic carbocycles. The van der Waals surface area contributed by atoms with Gasteiger partial charge in [-0.05, 0) is 38.5 Å². The van der Waals surface area contributed by atoms with Gasteiger partial charge in [0.2, 0.25) is 0 Å². The average molecular weight is 340 g/mol. The Balaban J connectivity index is 2.12. The van der Waals surface area contributed by atoms with E-state index in [-0.39, 0.29) is 18.4 Å². The number of ketones is 1. The lowest BCUT2D eigenvalue weighted by Gasteiger charge is -2.31. The van der Waals surface area contributed by atoms with E-state index < -0.39 is 12.1 Å². The van der Waals surface area contributed by atoms with Crippen molar-refractivity contribution in [3.63, 3.8) is 0 Å². The molecule has 1 atom stereocenters. The van der Waals surface area contributed by atoms with Crippen LogP contribution in [0.25, 0.3) is 0 Å². The van der Waals surface area contributed by atoms with Gasteiger partial charge in [-0.2, -0.15) is 0 Å². The maximum atomic E-state index is 12.8. The summed E-state index contributed by atoms with van der Waals surface area (Å²) in [7, 11) is 0. The molecular formula is C20H24N2O3. The Morgan fingerprint density at radius 1 is 1.00 bits per heavy atom. The monoisotopic (exact) mass is 340 g/mol. The minimum atomic E-state index is -0.673. The number of benzene rings is 2. The van der Waals surface area contributed by atoms with Gasteiger partial charge < -0.3 is 10.5 Å². The van der Waals surface area contributed by atoms with Crippen molar-refractivity contribution in [3.05, 3.63) is 65.7 Å². The van der Waals surface area contributed by atoms with Crippen molar-refractivity contribution in [2.45, 2.75) is 39.5 Å². The summed E-state index contributed by atoms with van der Waals surface area (Å²) < 4.78 is 5.39. The first-order valence-corrected chi connectivity index (χ1v) is 8.29. The molecule has 0 radical (unpaired) electrons. The Labute approximate surface area is 148 Å². The molecule has 0 aliphatic heterocycles. The number of hydrogen-bond acceptors (Lipinski definition) is 4. The molecule has 5 nitrogen and oxygen atoms in total. The fourth-order valence-corrected chi connectivity index (χ4v) is 2.68. The van der Waals surface area contributed by atoms with Crippen LogP contribution in [0, 0.1) is 0 Å². The van der Waals surface area contributed by atoms with Gasteiger partial charge in [-0.1, -0.05) is 42.5 Å². The summed E-state index contributed by atoms with van der Waals surface area (Å²) in [5.41, 5.74) is 7.60. The Bertz CT molecular complexity index is 729. The number of amides is 1. The molecule has 0 fully saturated rings. The van der Waals surface area contributed by atoms with E-state index in [2.05, 4.69) is 0 Å². The van der Waals surface area contributed by atoms with Crippen LogP contribution in [-0.4, -0.2) is 28.9 Å². The first kappa shape index (κ1) is 18.5. The van der Waals surface area contributed by atoms with Crippen molar-refractivity contribution < 1.29 is 14.3 Å². The number of ether oxygens (including phenoxy) is 1. The maximum Gasteiger partial charge on any atom is 0.410 e. The molecule has 2 rings (SSSR count). The summed E-state index contributed by atoms with van der Waals surface area (Å²) in [6.07, 6.45) is -0.519. The Hall–Kier alpha value is -2.82. The van der Waals surface area contributed by atoms with E-state index in [4.69, 9.17) is 10.5 Å². The van der Waals surface area contributed by atoms with Gasteiger partial charge in [0.25, 0.3) is 0 Å². The summed E-state index contributed by atoms with van der Waals surface area (Å²) >= 11 is 0. The molecule has 2 aromatic rings. The van der Waals surface area contributed by atoms with E-state index in [9.17, 15) is 9.59 Å². The third-order valence-corrected chi connectivity index (χ3v) is 4.00. The number of nitrogen functional groups attached to an aromatic ring is 1. The van der Waals surface area contributed by atoms with Crippen LogP contribution in [0.4, 0.5) is 10.5 Å². The molecule has 1 amide bonds. The van der Waals surface area contributed by atoms with Gasteiger partial charge in [-0.15, -0.1) is 0 Å². The molecule has 0 spiro atoms. The Kier molecular flexibility index (Phi) is 6.17. The third kappa shape index (κ3) is 4.59. The Morgan fingerprint density at radius 2 is 1.60 bits per heavy atom. The van der Waals surface area contributed by atoms with Gasteiger partial charge in [0, 0.05) is 17.3 Å². The van der Waals surface area contributed by atoms with Crippen molar-refractivity contribution >= 4 is 17.6 Å². The highest BCUT2D eigenvalue weighted by Crippen LogP contribution is 2.18. The highest BCUT2D eigenvalue weighted by molar-refractivity contribution is 6.05. The largest absolute Gasteiger partial charge is 0.445 e. The van der Waals surface area contributed by atoms with Gasteiger partial charge >= 0.3 is 6.09 Å². The summed E-state index contributed by atoms with van der Waals surface area (Å²) in [6, 6.07) is 15.4. The van der Waals surface area contributed by atoms with Crippen molar-refractivity contribution in [1.82, 2.24) is 4.90 Å². The van der Waals surface area contributed by atoms with Crippen LogP contribution in [-0.2, 0) is 11.3 Å². The lowest BCUT2D eigenvalue weighted by atomic mass is 10.0. The van der Waals surface area contributed by atoms with Gasteiger partial charge in [-0.3, -0.25) is 9.69 Å². The first-order valence-electron chi connectivity index (χ1n) is 8.29. The molecule has 132 valence electrons. The summed E-state index contributed by atoms with van der Waals surface area (Å²) in [5, 5.41) is 0. The molecule has 0 saturated heterocycles. The number of nitrogens with two attached hydrogens (primary N) is 1. The van der Waals surface area contributed by atoms with Crippen LogP contribution in [0.5, 0.6) is 0 Å². The number of nitrogens with zero attached hydrogens (tertiary/aromatic N) is 1. The van der Waals surface area contributed by atoms with Crippen LogP contribution >= 0.6 is 0 Å². The van der Waals surface area contributed by atoms with Crippen molar-refractivity contribution in [1.29, 1.82) is 0 Å². The van der Waals surface area contributed by atoms with E-state index >= 15 is 0 Å². The zero-order valence-corrected chi connectivity index (χ0v) is 14.8. The lowest BCUT2D eigenvalue weighted by molar-refractivity contribution is 0.0593. The molecule has 0 heterocycles. The molecule has 5 heteroatoms. The molecule has 2 N–H and O–H groups in total. The smallest absolute Gasteiger partial charge is 0.410 e. The third-order valence-electron chi connectivity index (χ3n) is 4.00. The van der Waals surface area contributed by atoms with Gasteiger partial charge in [-0.25, -0.2) is 4.79 Å². The van der Waals surface area contributed by atoms with Crippen LogP contribution in [0.3, 0.4) is 0 Å². The number of hydrogen-bond donors (Lipinski definition) is 1. The number of anilines is 1. The second kappa shape index (κ2) is 8.33. The minimum Gasteiger partial charge on any atom is -0.445 e. The van der Waals surface area contributed by atoms with Gasteiger partial charge in [0.1, 0.15) is 6.61 Å². The molecule has 0 bridgehead atoms. The average Bonchev–Trinajstić information content (AvgIpc) is 2.60. The standard InChI is InChI=1S/C20H24N2O3/c1-14(2)22(20(24)25-13-16-9-5-4-6-10-16)15(3)19(23)17-11-7-8-12-18(17)21/h4-12,14-15H,13,21H2,1-3H3. The van der Waals surface area contributed by atoms with Crippen LogP contribution < -0.4 is 5.73 Å². The van der Waals surface area contributed by atoms with Crippen LogP contribution in [0.1, 0.15) is 36.7 Å².